The zero-order valence-electron chi connectivity index (χ0n) is 29.0. The molecule has 3 aromatic rings. The molecule has 0 aliphatic rings. The first-order chi connectivity index (χ1) is 27.5. The molecule has 3 rings (SSSR count). The van der Waals surface area contributed by atoms with Crippen LogP contribution in [0.15, 0.2) is 91.0 Å². The van der Waals surface area contributed by atoms with Gasteiger partial charge in [-0.1, -0.05) is 91.0 Å². The Kier molecular flexibility index (Phi) is 13.1. The summed E-state index contributed by atoms with van der Waals surface area (Å²) in [5.41, 5.74) is -1.58. The van der Waals surface area contributed by atoms with E-state index < -0.39 is 113 Å². The fourth-order valence-electron chi connectivity index (χ4n) is 4.85. The molecule has 0 atom stereocenters. The maximum Gasteiger partial charge on any atom is 0.460 e. The molecule has 0 spiro atoms. The first-order valence-corrected chi connectivity index (χ1v) is 17.3. The second-order valence-electron chi connectivity index (χ2n) is 12.6. The lowest BCUT2D eigenvalue weighted by molar-refractivity contribution is -0.436. The Morgan fingerprint density at radius 3 is 0.806 bits per heavy atom. The van der Waals surface area contributed by atoms with Crippen LogP contribution >= 0.6 is 7.14 Å². The van der Waals surface area contributed by atoms with E-state index >= 15 is 0 Å². The molecular formula is C34H17F26OP. The summed E-state index contributed by atoms with van der Waals surface area (Å²) < 4.78 is 364. The lowest BCUT2D eigenvalue weighted by atomic mass is 9.93. The van der Waals surface area contributed by atoms with Gasteiger partial charge < -0.3 is 4.57 Å². The van der Waals surface area contributed by atoms with Crippen molar-refractivity contribution in [2.24, 2.45) is 0 Å². The predicted octanol–water partition coefficient (Wildman–Crippen LogP) is 12.8. The van der Waals surface area contributed by atoms with Crippen molar-refractivity contribution in [3.63, 3.8) is 0 Å². The van der Waals surface area contributed by atoms with Gasteiger partial charge in [0.1, 0.15) is 0 Å². The van der Waals surface area contributed by atoms with E-state index in [9.17, 15) is 119 Å². The number of allylic oxidation sites excluding steroid dienone is 2. The molecule has 0 aliphatic carbocycles. The van der Waals surface area contributed by atoms with E-state index in [4.69, 9.17) is 0 Å². The number of hydrogen-bond donors (Lipinski definition) is 0. The molecule has 28 heteroatoms. The number of rotatable bonds is 15. The van der Waals surface area contributed by atoms with Crippen molar-refractivity contribution in [3.8, 4) is 0 Å². The van der Waals surface area contributed by atoms with Gasteiger partial charge in [-0.05, 0) is 23.3 Å². The Balaban J connectivity index is 2.01. The summed E-state index contributed by atoms with van der Waals surface area (Å²) in [6, 6.07) is 11.4. The molecule has 0 heterocycles. The van der Waals surface area contributed by atoms with Crippen molar-refractivity contribution in [2.75, 3.05) is 0 Å². The predicted molar refractivity (Wildman–Crippen MR) is 165 cm³/mol. The smallest absolute Gasteiger partial charge is 0.309 e. The van der Waals surface area contributed by atoms with Crippen LogP contribution in [-0.4, -0.2) is 71.6 Å². The highest BCUT2D eigenvalue weighted by molar-refractivity contribution is 7.85. The quantitative estimate of drug-likeness (QED) is 0.110. The zero-order chi connectivity index (χ0) is 48.4. The minimum absolute atomic E-state index is 0.179. The Hall–Kier alpha value is -4.45. The first-order valence-electron chi connectivity index (χ1n) is 15.6. The second kappa shape index (κ2) is 15.7. The summed E-state index contributed by atoms with van der Waals surface area (Å²) >= 11 is 0. The summed E-state index contributed by atoms with van der Waals surface area (Å²) in [5.74, 6) is -76.9. The average molecular weight is 966 g/mol. The van der Waals surface area contributed by atoms with E-state index in [2.05, 4.69) is 0 Å². The van der Waals surface area contributed by atoms with Crippen molar-refractivity contribution in [3.05, 3.63) is 102 Å². The minimum Gasteiger partial charge on any atom is -0.309 e. The van der Waals surface area contributed by atoms with Crippen LogP contribution in [0.2, 0.25) is 0 Å². The molecule has 346 valence electrons. The summed E-state index contributed by atoms with van der Waals surface area (Å²) in [4.78, 5) is 0. The van der Waals surface area contributed by atoms with Crippen LogP contribution < -0.4 is 15.9 Å². The molecule has 0 saturated carbocycles. The second-order valence-corrected chi connectivity index (χ2v) is 15.4. The third-order valence-electron chi connectivity index (χ3n) is 8.52. The van der Waals surface area contributed by atoms with Gasteiger partial charge in [0.15, 0.2) is 7.14 Å². The van der Waals surface area contributed by atoms with Crippen molar-refractivity contribution in [2.45, 2.75) is 71.6 Å². The van der Waals surface area contributed by atoms with Crippen molar-refractivity contribution in [1.29, 1.82) is 0 Å². The van der Waals surface area contributed by atoms with Gasteiger partial charge in [-0.15, -0.1) is 0 Å². The Morgan fingerprint density at radius 1 is 0.306 bits per heavy atom. The van der Waals surface area contributed by atoms with Crippen LogP contribution in [0.3, 0.4) is 0 Å². The molecule has 0 radical (unpaired) electrons. The zero-order valence-corrected chi connectivity index (χ0v) is 29.9. The summed E-state index contributed by atoms with van der Waals surface area (Å²) in [6.45, 7) is 0. The van der Waals surface area contributed by atoms with E-state index in [1.807, 2.05) is 0 Å². The topological polar surface area (TPSA) is 17.1 Å². The summed E-state index contributed by atoms with van der Waals surface area (Å²) in [7, 11) is -4.39. The van der Waals surface area contributed by atoms with E-state index in [0.717, 1.165) is 36.4 Å². The molecule has 0 amide bonds. The number of hydrogen-bond acceptors (Lipinski definition) is 1. The Morgan fingerprint density at radius 2 is 0.548 bits per heavy atom. The maximum absolute atomic E-state index is 14.6. The Bertz CT molecular complexity index is 2020. The lowest BCUT2D eigenvalue weighted by Crippen LogP contribution is -2.69. The minimum atomic E-state index is -8.16. The maximum atomic E-state index is 14.6. The fraction of sp³-hybridized carbons (Fsp3) is 0.353. The van der Waals surface area contributed by atoms with Crippen LogP contribution in [0.5, 0.6) is 0 Å². The highest BCUT2D eigenvalue weighted by Gasteiger charge is 2.91. The highest BCUT2D eigenvalue weighted by Crippen LogP contribution is 2.62. The molecule has 0 fully saturated rings. The summed E-state index contributed by atoms with van der Waals surface area (Å²) in [6.07, 6.45) is -18.3. The van der Waals surface area contributed by atoms with Gasteiger partial charge >= 0.3 is 71.6 Å². The van der Waals surface area contributed by atoms with Crippen molar-refractivity contribution < 1.29 is 119 Å². The van der Waals surface area contributed by atoms with Crippen LogP contribution in [-0.2, 0) is 4.57 Å². The SMILES string of the molecule is O=P(c1ccccc1)(c1ccc(C=CC(F)(F)C(F)(F)C(F)(F)C(F)(F)C(F)(F)C(F)(F)F)cc1)c1ccc(C=CC(F)(F)C(F)(F)C(F)(F)C(F)(F)C(F)(F)C(F)(F)F)cc1. The van der Waals surface area contributed by atoms with Gasteiger partial charge in [0.05, 0.1) is 0 Å². The standard InChI is InChI=1S/C34H17F26OP/c35-23(36,25(39,40)27(43,44)29(47,48)31(51,52)33(55,56)57)16-14-18-6-10-21(11-7-18)62(61,20-4-2-1-3-5-20)22-12-8-19(9-13-22)15-17-24(37,38)26(41,42)28(45,46)30(49,50)32(53,54)34(58,59)60/h1-17H. The van der Waals surface area contributed by atoms with Crippen LogP contribution in [0.25, 0.3) is 12.2 Å². The molecule has 62 heavy (non-hydrogen) atoms. The summed E-state index contributed by atoms with van der Waals surface area (Å²) in [5, 5.41) is -1.000. The van der Waals surface area contributed by atoms with E-state index in [0.29, 0.717) is 24.3 Å². The number of alkyl halides is 26. The third kappa shape index (κ3) is 8.02. The van der Waals surface area contributed by atoms with Gasteiger partial charge in [-0.2, -0.15) is 114 Å². The molecule has 0 bridgehead atoms. The molecule has 0 aliphatic heterocycles. The average Bonchev–Trinajstić information content (AvgIpc) is 3.15. The monoisotopic (exact) mass is 966 g/mol. The molecule has 3 aromatic carbocycles. The van der Waals surface area contributed by atoms with E-state index in [-0.39, 0.29) is 17.5 Å². The number of benzene rings is 3. The van der Waals surface area contributed by atoms with Gasteiger partial charge in [0, 0.05) is 15.9 Å². The molecule has 0 aromatic heterocycles. The van der Waals surface area contributed by atoms with Gasteiger partial charge in [-0.3, -0.25) is 0 Å². The molecule has 0 saturated heterocycles. The molecular weight excluding hydrogens is 949 g/mol. The normalized spacial score (nSPS) is 16.3. The lowest BCUT2D eigenvalue weighted by Gasteiger charge is -2.39. The van der Waals surface area contributed by atoms with Crippen LogP contribution in [0, 0.1) is 0 Å². The number of halogens is 26. The van der Waals surface area contributed by atoms with Crippen molar-refractivity contribution in [1.82, 2.24) is 0 Å². The van der Waals surface area contributed by atoms with Gasteiger partial charge in [0.2, 0.25) is 0 Å². The highest BCUT2D eigenvalue weighted by atomic mass is 31.2. The van der Waals surface area contributed by atoms with Crippen molar-refractivity contribution >= 4 is 35.2 Å². The molecule has 0 unspecified atom stereocenters. The third-order valence-corrected chi connectivity index (χ3v) is 11.6. The molecule has 1 nitrogen and oxygen atoms in total. The fourth-order valence-corrected chi connectivity index (χ4v) is 7.47. The van der Waals surface area contributed by atoms with Crippen LogP contribution in [0.4, 0.5) is 114 Å². The largest absolute Gasteiger partial charge is 0.460 e. The van der Waals surface area contributed by atoms with Gasteiger partial charge in [0.25, 0.3) is 0 Å². The van der Waals surface area contributed by atoms with Crippen LogP contribution in [0.1, 0.15) is 11.1 Å². The van der Waals surface area contributed by atoms with E-state index in [1.165, 1.54) is 18.2 Å². The molecule has 0 N–H and O–H groups in total. The van der Waals surface area contributed by atoms with Gasteiger partial charge in [-0.25, -0.2) is 0 Å². The Labute approximate surface area is 328 Å². The first kappa shape index (κ1) is 51.9. The van der Waals surface area contributed by atoms with E-state index in [1.54, 1.807) is 0 Å².